The molecule has 0 atom stereocenters. The number of carbonyl (C=O) groups excluding carboxylic acids is 1. The predicted octanol–water partition coefficient (Wildman–Crippen LogP) is 4.82. The zero-order valence-electron chi connectivity index (χ0n) is 18.0. The van der Waals surface area contributed by atoms with Crippen LogP contribution in [0, 0.1) is 10.1 Å². The van der Waals surface area contributed by atoms with Crippen molar-refractivity contribution < 1.29 is 14.5 Å². The molecule has 33 heavy (non-hydrogen) atoms. The van der Waals surface area contributed by atoms with E-state index in [-0.39, 0.29) is 28.7 Å². The molecular weight excluding hydrogens is 487 g/mol. The molecule has 1 fully saturated rings. The van der Waals surface area contributed by atoms with E-state index in [1.807, 2.05) is 18.2 Å². The first kappa shape index (κ1) is 25.3. The number of rotatable bonds is 7. The number of fused-ring (bicyclic) bond motifs is 1. The van der Waals surface area contributed by atoms with Gasteiger partial charge in [-0.2, -0.15) is 0 Å². The van der Waals surface area contributed by atoms with Crippen molar-refractivity contribution in [2.45, 2.75) is 13.3 Å². The lowest BCUT2D eigenvalue weighted by atomic mass is 10.1. The number of anilines is 1. The summed E-state index contributed by atoms with van der Waals surface area (Å²) in [6, 6.07) is 9.92. The maximum atomic E-state index is 13.6. The van der Waals surface area contributed by atoms with E-state index in [1.165, 1.54) is 29.5 Å². The Morgan fingerprint density at radius 1 is 1.30 bits per heavy atom. The molecule has 0 aliphatic carbocycles. The summed E-state index contributed by atoms with van der Waals surface area (Å²) < 4.78 is 6.41. The molecule has 1 saturated heterocycles. The zero-order chi connectivity index (χ0) is 22.7. The monoisotopic (exact) mass is 510 g/mol. The number of hydrogen-bond donors (Lipinski definition) is 0. The van der Waals surface area contributed by atoms with E-state index in [4.69, 9.17) is 21.3 Å². The van der Waals surface area contributed by atoms with Gasteiger partial charge < -0.3 is 4.74 Å². The van der Waals surface area contributed by atoms with Crippen molar-refractivity contribution in [1.82, 2.24) is 9.88 Å². The van der Waals surface area contributed by atoms with Crippen LogP contribution in [0.1, 0.15) is 22.8 Å². The molecule has 1 aliphatic heterocycles. The lowest BCUT2D eigenvalue weighted by Crippen LogP contribution is -2.43. The molecule has 0 bridgehead atoms. The number of para-hydroxylation sites is 1. The van der Waals surface area contributed by atoms with Crippen LogP contribution in [-0.2, 0) is 11.2 Å². The van der Waals surface area contributed by atoms with Crippen molar-refractivity contribution in [3.05, 3.63) is 62.7 Å². The zero-order valence-corrected chi connectivity index (χ0v) is 20.4. The van der Waals surface area contributed by atoms with Gasteiger partial charge in [0, 0.05) is 38.3 Å². The number of halogens is 2. The number of nitrogens with zero attached hydrogens (tertiary/aromatic N) is 4. The Kier molecular flexibility index (Phi) is 8.61. The van der Waals surface area contributed by atoms with Crippen molar-refractivity contribution in [3.8, 4) is 0 Å². The molecule has 1 aliphatic rings. The largest absolute Gasteiger partial charge is 0.379 e. The maximum absolute atomic E-state index is 13.6. The van der Waals surface area contributed by atoms with Crippen LogP contribution in [0.3, 0.4) is 0 Å². The van der Waals surface area contributed by atoms with E-state index in [2.05, 4.69) is 11.8 Å². The number of benzene rings is 2. The van der Waals surface area contributed by atoms with Crippen LogP contribution in [0.15, 0.2) is 36.4 Å². The van der Waals surface area contributed by atoms with Gasteiger partial charge in [0.2, 0.25) is 0 Å². The molecular formula is C22H24Cl2N4O4S. The molecule has 1 amide bonds. The smallest absolute Gasteiger partial charge is 0.270 e. The van der Waals surface area contributed by atoms with E-state index in [9.17, 15) is 14.9 Å². The quantitative estimate of drug-likeness (QED) is 0.334. The highest BCUT2D eigenvalue weighted by Gasteiger charge is 2.26. The Morgan fingerprint density at radius 3 is 2.76 bits per heavy atom. The summed E-state index contributed by atoms with van der Waals surface area (Å²) in [5, 5.41) is 12.0. The molecule has 11 heteroatoms. The maximum Gasteiger partial charge on any atom is 0.270 e. The second-order valence-corrected chi connectivity index (χ2v) is 8.86. The number of aryl methyl sites for hydroxylation is 1. The van der Waals surface area contributed by atoms with E-state index < -0.39 is 10.8 Å². The number of carbonyl (C=O) groups is 1. The van der Waals surface area contributed by atoms with Crippen LogP contribution in [0.25, 0.3) is 10.2 Å². The lowest BCUT2D eigenvalue weighted by molar-refractivity contribution is -0.384. The summed E-state index contributed by atoms with van der Waals surface area (Å²) in [6.45, 7) is 5.99. The third kappa shape index (κ3) is 5.62. The highest BCUT2D eigenvalue weighted by atomic mass is 35.5. The average molecular weight is 511 g/mol. The second kappa shape index (κ2) is 11.2. The Bertz CT molecular complexity index is 1150. The van der Waals surface area contributed by atoms with Gasteiger partial charge >= 0.3 is 0 Å². The number of hydrogen-bond acceptors (Lipinski definition) is 7. The fourth-order valence-corrected chi connectivity index (χ4v) is 4.92. The van der Waals surface area contributed by atoms with Crippen molar-refractivity contribution in [3.63, 3.8) is 0 Å². The molecule has 0 unspecified atom stereocenters. The van der Waals surface area contributed by atoms with E-state index >= 15 is 0 Å². The summed E-state index contributed by atoms with van der Waals surface area (Å²) >= 11 is 7.72. The Labute approximate surface area is 206 Å². The molecule has 2 heterocycles. The minimum absolute atomic E-state index is 0. The molecule has 4 rings (SSSR count). The number of morpholine rings is 1. The number of amides is 1. The number of non-ortho nitro benzene ring substituents is 1. The minimum atomic E-state index is -0.531. The molecule has 0 N–H and O–H groups in total. The van der Waals surface area contributed by atoms with Crippen LogP contribution < -0.4 is 4.90 Å². The van der Waals surface area contributed by atoms with Gasteiger partial charge in [-0.25, -0.2) is 4.98 Å². The van der Waals surface area contributed by atoms with Gasteiger partial charge in [0.25, 0.3) is 11.6 Å². The van der Waals surface area contributed by atoms with Crippen LogP contribution in [0.2, 0.25) is 5.02 Å². The third-order valence-corrected chi connectivity index (χ3v) is 6.86. The minimum Gasteiger partial charge on any atom is -0.379 e. The predicted molar refractivity (Wildman–Crippen MR) is 133 cm³/mol. The van der Waals surface area contributed by atoms with Gasteiger partial charge in [0.15, 0.2) is 5.13 Å². The SMILES string of the molecule is CCc1cccc2sc(N(CCN3CCOCC3)C(=O)c3cc([N+](=O)[O-])ccc3Cl)nc12.Cl. The molecule has 3 aromatic rings. The summed E-state index contributed by atoms with van der Waals surface area (Å²) in [7, 11) is 0. The molecule has 2 aromatic carbocycles. The normalized spacial score (nSPS) is 14.1. The Balaban J connectivity index is 0.00000306. The molecule has 176 valence electrons. The topological polar surface area (TPSA) is 88.8 Å². The average Bonchev–Trinajstić information content (AvgIpc) is 3.24. The van der Waals surface area contributed by atoms with Gasteiger partial charge in [0.1, 0.15) is 0 Å². The van der Waals surface area contributed by atoms with Crippen molar-refractivity contribution in [1.29, 1.82) is 0 Å². The number of ether oxygens (including phenoxy) is 1. The number of thiazole rings is 1. The standard InChI is InChI=1S/C22H23ClN4O4S.ClH/c1-2-15-4-3-5-19-20(15)24-22(32-19)26(9-8-25-10-12-31-13-11-25)21(28)17-14-16(27(29)30)6-7-18(17)23;/h3-7,14H,2,8-13H2,1H3;1H. The summed E-state index contributed by atoms with van der Waals surface area (Å²) in [5.74, 6) is -0.399. The van der Waals surface area contributed by atoms with E-state index in [0.717, 1.165) is 35.3 Å². The van der Waals surface area contributed by atoms with Gasteiger partial charge in [-0.3, -0.25) is 24.7 Å². The number of nitro groups is 1. The van der Waals surface area contributed by atoms with Crippen LogP contribution in [-0.4, -0.2) is 60.1 Å². The summed E-state index contributed by atoms with van der Waals surface area (Å²) in [4.78, 5) is 32.9. The van der Waals surface area contributed by atoms with Gasteiger partial charge in [-0.05, 0) is 24.1 Å². The molecule has 8 nitrogen and oxygen atoms in total. The Morgan fingerprint density at radius 2 is 2.06 bits per heavy atom. The van der Waals surface area contributed by atoms with E-state index in [0.29, 0.717) is 31.4 Å². The third-order valence-electron chi connectivity index (χ3n) is 5.48. The van der Waals surface area contributed by atoms with E-state index in [1.54, 1.807) is 4.90 Å². The first-order valence-corrected chi connectivity index (χ1v) is 11.6. The van der Waals surface area contributed by atoms with Crippen molar-refractivity contribution >= 4 is 62.3 Å². The summed E-state index contributed by atoms with van der Waals surface area (Å²) in [6.07, 6.45) is 0.832. The number of nitro benzene ring substituents is 1. The first-order chi connectivity index (χ1) is 15.5. The van der Waals surface area contributed by atoms with Gasteiger partial charge in [0.05, 0.1) is 38.9 Å². The number of aromatic nitrogens is 1. The first-order valence-electron chi connectivity index (χ1n) is 10.4. The lowest BCUT2D eigenvalue weighted by Gasteiger charge is -2.29. The molecule has 0 saturated carbocycles. The second-order valence-electron chi connectivity index (χ2n) is 7.45. The summed E-state index contributed by atoms with van der Waals surface area (Å²) in [5.41, 5.74) is 1.91. The molecule has 0 spiro atoms. The fourth-order valence-electron chi connectivity index (χ4n) is 3.68. The Hall–Kier alpha value is -2.30. The van der Waals surface area contributed by atoms with Gasteiger partial charge in [-0.15, -0.1) is 12.4 Å². The molecule has 1 aromatic heterocycles. The highest BCUT2D eigenvalue weighted by molar-refractivity contribution is 7.22. The van der Waals surface area contributed by atoms with Crippen molar-refractivity contribution in [2.75, 3.05) is 44.3 Å². The van der Waals surface area contributed by atoms with Crippen LogP contribution in [0.4, 0.5) is 10.8 Å². The molecule has 0 radical (unpaired) electrons. The van der Waals surface area contributed by atoms with Crippen LogP contribution >= 0.6 is 35.3 Å². The van der Waals surface area contributed by atoms with Crippen molar-refractivity contribution in [2.24, 2.45) is 0 Å². The highest BCUT2D eigenvalue weighted by Crippen LogP contribution is 2.33. The fraction of sp³-hybridized carbons (Fsp3) is 0.364. The van der Waals surface area contributed by atoms with Gasteiger partial charge in [-0.1, -0.05) is 42.0 Å². The van der Waals surface area contributed by atoms with Crippen LogP contribution in [0.5, 0.6) is 0 Å².